The van der Waals surface area contributed by atoms with Crippen molar-refractivity contribution in [3.8, 4) is 0 Å². The van der Waals surface area contributed by atoms with E-state index in [9.17, 15) is 8.78 Å². The number of halogens is 2. The van der Waals surface area contributed by atoms with Crippen LogP contribution in [0.3, 0.4) is 0 Å². The molecule has 0 spiro atoms. The van der Waals surface area contributed by atoms with Gasteiger partial charge in [-0.2, -0.15) is 0 Å². The van der Waals surface area contributed by atoms with Crippen molar-refractivity contribution >= 4 is 0 Å². The first-order valence-electron chi connectivity index (χ1n) is 4.95. The first-order valence-corrected chi connectivity index (χ1v) is 4.95. The number of hydrogen-bond acceptors (Lipinski definition) is 3. The highest BCUT2D eigenvalue weighted by Gasteiger charge is 2.22. The van der Waals surface area contributed by atoms with Crippen LogP contribution in [0.1, 0.15) is 11.6 Å². The van der Waals surface area contributed by atoms with E-state index in [1.807, 2.05) is 0 Å². The second kappa shape index (κ2) is 5.34. The molecular weight excluding hydrogens is 214 g/mol. The molecule has 1 aromatic carbocycles. The Labute approximate surface area is 93.5 Å². The predicted molar refractivity (Wildman–Crippen MR) is 57.8 cm³/mol. The van der Waals surface area contributed by atoms with Crippen molar-refractivity contribution in [2.75, 3.05) is 20.7 Å². The molecule has 2 atom stereocenters. The highest BCUT2D eigenvalue weighted by Crippen LogP contribution is 2.22. The molecule has 0 radical (unpaired) electrons. The Morgan fingerprint density at radius 3 is 2.38 bits per heavy atom. The number of aliphatic hydroxyl groups is 1. The summed E-state index contributed by atoms with van der Waals surface area (Å²) in [5, 5.41) is 9.02. The number of benzene rings is 1. The maximum Gasteiger partial charge on any atom is 0.159 e. The zero-order chi connectivity index (χ0) is 12.3. The lowest BCUT2D eigenvalue weighted by Crippen LogP contribution is -2.39. The third-order valence-electron chi connectivity index (χ3n) is 2.46. The monoisotopic (exact) mass is 230 g/mol. The fraction of sp³-hybridized carbons (Fsp3) is 0.455. The molecule has 0 heterocycles. The van der Waals surface area contributed by atoms with Gasteiger partial charge in [0.2, 0.25) is 0 Å². The first-order chi connectivity index (χ1) is 7.47. The molecule has 0 saturated carbocycles. The molecule has 0 saturated heterocycles. The van der Waals surface area contributed by atoms with Crippen LogP contribution in [0.5, 0.6) is 0 Å². The van der Waals surface area contributed by atoms with Gasteiger partial charge in [-0.3, -0.25) is 0 Å². The number of rotatable bonds is 4. The minimum absolute atomic E-state index is 0.220. The lowest BCUT2D eigenvalue weighted by molar-refractivity contribution is 0.181. The Hall–Kier alpha value is -1.04. The smallest absolute Gasteiger partial charge is 0.159 e. The number of nitrogens with zero attached hydrogens (tertiary/aromatic N) is 1. The normalized spacial score (nSPS) is 15.2. The average Bonchev–Trinajstić information content (AvgIpc) is 2.22. The van der Waals surface area contributed by atoms with Crippen molar-refractivity contribution in [1.29, 1.82) is 0 Å². The molecule has 0 aromatic heterocycles. The summed E-state index contributed by atoms with van der Waals surface area (Å²) in [5.41, 5.74) is 6.28. The first kappa shape index (κ1) is 13.0. The molecule has 1 rings (SSSR count). The second-order valence-corrected chi connectivity index (χ2v) is 3.93. The zero-order valence-electron chi connectivity index (χ0n) is 9.32. The molecule has 2 unspecified atom stereocenters. The van der Waals surface area contributed by atoms with Gasteiger partial charge in [0.25, 0.3) is 0 Å². The van der Waals surface area contributed by atoms with Crippen molar-refractivity contribution in [2.24, 2.45) is 5.73 Å². The van der Waals surface area contributed by atoms with Crippen LogP contribution >= 0.6 is 0 Å². The van der Waals surface area contributed by atoms with E-state index in [4.69, 9.17) is 10.8 Å². The average molecular weight is 230 g/mol. The largest absolute Gasteiger partial charge is 0.395 e. The van der Waals surface area contributed by atoms with Gasteiger partial charge in [-0.1, -0.05) is 6.07 Å². The standard InChI is InChI=1S/C11H16F2N2O/c1-15(2)11(10(14)6-16)7-3-4-8(12)9(13)5-7/h3-5,10-11,16H,6,14H2,1-2H3. The van der Waals surface area contributed by atoms with Gasteiger partial charge in [0.1, 0.15) is 0 Å². The van der Waals surface area contributed by atoms with E-state index in [0.717, 1.165) is 12.1 Å². The van der Waals surface area contributed by atoms with E-state index < -0.39 is 17.7 Å². The minimum atomic E-state index is -0.908. The van der Waals surface area contributed by atoms with Crippen LogP contribution in [0.25, 0.3) is 0 Å². The van der Waals surface area contributed by atoms with Crippen LogP contribution in [-0.4, -0.2) is 36.8 Å². The van der Waals surface area contributed by atoms with Crippen molar-refractivity contribution in [3.05, 3.63) is 35.4 Å². The molecule has 0 fully saturated rings. The van der Waals surface area contributed by atoms with Gasteiger partial charge in [0, 0.05) is 6.04 Å². The summed E-state index contributed by atoms with van der Waals surface area (Å²) in [6.07, 6.45) is 0. The Bertz CT molecular complexity index is 358. The van der Waals surface area contributed by atoms with Crippen molar-refractivity contribution in [2.45, 2.75) is 12.1 Å². The highest BCUT2D eigenvalue weighted by atomic mass is 19.2. The number of likely N-dealkylation sites (N-methyl/N-ethyl adjacent to an activating group) is 1. The van der Waals surface area contributed by atoms with Gasteiger partial charge >= 0.3 is 0 Å². The number of nitrogens with two attached hydrogens (primary N) is 1. The van der Waals surface area contributed by atoms with Crippen molar-refractivity contribution in [3.63, 3.8) is 0 Å². The van der Waals surface area contributed by atoms with Crippen molar-refractivity contribution in [1.82, 2.24) is 4.90 Å². The Balaban J connectivity index is 3.06. The topological polar surface area (TPSA) is 49.5 Å². The quantitative estimate of drug-likeness (QED) is 0.807. The number of hydrogen-bond donors (Lipinski definition) is 2. The molecule has 0 amide bonds. The summed E-state index contributed by atoms with van der Waals surface area (Å²) in [6.45, 7) is -0.220. The summed E-state index contributed by atoms with van der Waals surface area (Å²) in [7, 11) is 3.53. The van der Waals surface area contributed by atoms with Gasteiger partial charge < -0.3 is 15.7 Å². The molecule has 3 N–H and O–H groups in total. The molecule has 1 aromatic rings. The maximum atomic E-state index is 13.1. The fourth-order valence-corrected chi connectivity index (χ4v) is 1.72. The van der Waals surface area contributed by atoms with E-state index in [1.165, 1.54) is 6.07 Å². The van der Waals surface area contributed by atoms with E-state index in [2.05, 4.69) is 0 Å². The van der Waals surface area contributed by atoms with E-state index in [-0.39, 0.29) is 12.6 Å². The molecule has 3 nitrogen and oxygen atoms in total. The van der Waals surface area contributed by atoms with Crippen LogP contribution in [-0.2, 0) is 0 Å². The van der Waals surface area contributed by atoms with Crippen LogP contribution in [0.15, 0.2) is 18.2 Å². The lowest BCUT2D eigenvalue weighted by atomic mass is 9.99. The molecule has 90 valence electrons. The van der Waals surface area contributed by atoms with E-state index in [1.54, 1.807) is 19.0 Å². The van der Waals surface area contributed by atoms with Crippen LogP contribution in [0, 0.1) is 11.6 Å². The van der Waals surface area contributed by atoms with Gasteiger partial charge in [-0.15, -0.1) is 0 Å². The van der Waals surface area contributed by atoms with Gasteiger partial charge in [0.15, 0.2) is 11.6 Å². The summed E-state index contributed by atoms with van der Waals surface area (Å²) < 4.78 is 25.9. The van der Waals surface area contributed by atoms with Crippen molar-refractivity contribution < 1.29 is 13.9 Å². The highest BCUT2D eigenvalue weighted by molar-refractivity contribution is 5.22. The third-order valence-corrected chi connectivity index (χ3v) is 2.46. The summed E-state index contributed by atoms with van der Waals surface area (Å²) in [6, 6.07) is 2.75. The van der Waals surface area contributed by atoms with E-state index in [0.29, 0.717) is 5.56 Å². The molecule has 16 heavy (non-hydrogen) atoms. The number of aliphatic hydroxyl groups excluding tert-OH is 1. The Kier molecular flexibility index (Phi) is 4.35. The third kappa shape index (κ3) is 2.75. The fourth-order valence-electron chi connectivity index (χ4n) is 1.72. The Morgan fingerprint density at radius 1 is 1.31 bits per heavy atom. The minimum Gasteiger partial charge on any atom is -0.395 e. The maximum absolute atomic E-state index is 13.1. The molecular formula is C11H16F2N2O. The SMILES string of the molecule is CN(C)C(c1ccc(F)c(F)c1)C(N)CO. The Morgan fingerprint density at radius 2 is 1.94 bits per heavy atom. The van der Waals surface area contributed by atoms with Gasteiger partial charge in [-0.05, 0) is 31.8 Å². The van der Waals surface area contributed by atoms with Crippen LogP contribution in [0.2, 0.25) is 0 Å². The summed E-state index contributed by atoms with van der Waals surface area (Å²) in [5.74, 6) is -1.80. The molecule has 0 aliphatic carbocycles. The van der Waals surface area contributed by atoms with Crippen LogP contribution in [0.4, 0.5) is 8.78 Å². The van der Waals surface area contributed by atoms with Gasteiger partial charge in [-0.25, -0.2) is 8.78 Å². The van der Waals surface area contributed by atoms with Gasteiger partial charge in [0.05, 0.1) is 12.6 Å². The zero-order valence-corrected chi connectivity index (χ0v) is 9.32. The predicted octanol–water partition coefficient (Wildman–Crippen LogP) is 0.887. The van der Waals surface area contributed by atoms with Crippen LogP contribution < -0.4 is 5.73 Å². The second-order valence-electron chi connectivity index (χ2n) is 3.93. The molecule has 0 aliphatic heterocycles. The molecule has 5 heteroatoms. The van der Waals surface area contributed by atoms with E-state index >= 15 is 0 Å². The molecule has 0 aliphatic rings. The summed E-state index contributed by atoms with van der Waals surface area (Å²) in [4.78, 5) is 1.76. The lowest BCUT2D eigenvalue weighted by Gasteiger charge is -2.29. The molecule has 0 bridgehead atoms. The summed E-state index contributed by atoms with van der Waals surface area (Å²) >= 11 is 0.